The first-order valence-electron chi connectivity index (χ1n) is 9.58. The monoisotopic (exact) mass is 401 g/mol. The van der Waals surface area contributed by atoms with Crippen LogP contribution in [0.15, 0.2) is 42.5 Å². The number of nitrogens with one attached hydrogen (secondary N) is 1. The molecule has 0 radical (unpaired) electrons. The third-order valence-corrected chi connectivity index (χ3v) is 5.44. The van der Waals surface area contributed by atoms with Crippen LogP contribution in [0.3, 0.4) is 0 Å². The van der Waals surface area contributed by atoms with Crippen LogP contribution in [-0.4, -0.2) is 70.5 Å². The van der Waals surface area contributed by atoms with E-state index in [9.17, 15) is 25.2 Å². The smallest absolute Gasteiger partial charge is 0.251 e. The Morgan fingerprint density at radius 1 is 1.00 bits per heavy atom. The summed E-state index contributed by atoms with van der Waals surface area (Å²) >= 11 is 0. The SMILES string of the molecule is CNC(=O)c1cccc(-c2ccc(CC3OC(CO)C(O)C(O)[C@H]3O)c(C)c2)c1. The van der Waals surface area contributed by atoms with Crippen molar-refractivity contribution in [3.05, 3.63) is 59.2 Å². The van der Waals surface area contributed by atoms with Gasteiger partial charge in [0.25, 0.3) is 5.91 Å². The molecular formula is C22H27NO6. The Morgan fingerprint density at radius 3 is 2.34 bits per heavy atom. The molecule has 2 aromatic carbocycles. The van der Waals surface area contributed by atoms with Gasteiger partial charge in [0.2, 0.25) is 0 Å². The number of aliphatic hydroxyl groups is 4. The number of carbonyl (C=O) groups excluding carboxylic acids is 1. The first-order valence-corrected chi connectivity index (χ1v) is 9.58. The summed E-state index contributed by atoms with van der Waals surface area (Å²) in [6, 6.07) is 13.2. The van der Waals surface area contributed by atoms with Crippen LogP contribution in [-0.2, 0) is 11.2 Å². The standard InChI is InChI=1S/C22H27NO6/c1-12-8-15(14-4-3-5-16(9-14)22(28)23-2)7-6-13(12)10-17-19(25)21(27)20(26)18(11-24)29-17/h3-9,17-21,24-27H,10-11H2,1-2H3,(H,23,28)/t17?,18?,19-,20?,21?/m0/s1. The second-order valence-electron chi connectivity index (χ2n) is 7.37. The van der Waals surface area contributed by atoms with Gasteiger partial charge in [-0.25, -0.2) is 0 Å². The summed E-state index contributed by atoms with van der Waals surface area (Å²) in [5, 5.41) is 42.1. The van der Waals surface area contributed by atoms with Crippen LogP contribution in [0, 0.1) is 6.92 Å². The van der Waals surface area contributed by atoms with E-state index in [-0.39, 0.29) is 5.91 Å². The van der Waals surface area contributed by atoms with Crippen LogP contribution in [0.2, 0.25) is 0 Å². The molecule has 5 N–H and O–H groups in total. The predicted octanol–water partition coefficient (Wildman–Crippen LogP) is 0.407. The van der Waals surface area contributed by atoms with Crippen LogP contribution in [0.1, 0.15) is 21.5 Å². The van der Waals surface area contributed by atoms with Crippen molar-refractivity contribution in [2.45, 2.75) is 43.9 Å². The number of ether oxygens (including phenoxy) is 1. The Labute approximate surface area is 169 Å². The molecule has 0 spiro atoms. The summed E-state index contributed by atoms with van der Waals surface area (Å²) < 4.78 is 5.60. The summed E-state index contributed by atoms with van der Waals surface area (Å²) in [6.07, 6.45) is -5.32. The molecule has 0 aliphatic carbocycles. The highest BCUT2D eigenvalue weighted by Gasteiger charge is 2.43. The van der Waals surface area contributed by atoms with E-state index in [0.717, 1.165) is 22.3 Å². The predicted molar refractivity (Wildman–Crippen MR) is 107 cm³/mol. The summed E-state index contributed by atoms with van der Waals surface area (Å²) in [7, 11) is 1.59. The Morgan fingerprint density at radius 2 is 1.69 bits per heavy atom. The zero-order chi connectivity index (χ0) is 21.1. The second kappa shape index (κ2) is 9.02. The number of aryl methyl sites for hydroxylation is 1. The molecule has 3 rings (SSSR count). The van der Waals surface area contributed by atoms with Gasteiger partial charge in [-0.05, 0) is 41.3 Å². The van der Waals surface area contributed by atoms with Gasteiger partial charge >= 0.3 is 0 Å². The third kappa shape index (κ3) is 4.49. The van der Waals surface area contributed by atoms with Crippen molar-refractivity contribution in [3.63, 3.8) is 0 Å². The third-order valence-electron chi connectivity index (χ3n) is 5.44. The zero-order valence-electron chi connectivity index (χ0n) is 16.4. The second-order valence-corrected chi connectivity index (χ2v) is 7.37. The average Bonchev–Trinajstić information content (AvgIpc) is 2.74. The zero-order valence-corrected chi connectivity index (χ0v) is 16.4. The molecule has 1 fully saturated rings. The normalized spacial score (nSPS) is 26.9. The van der Waals surface area contributed by atoms with Gasteiger partial charge in [0, 0.05) is 19.0 Å². The molecule has 1 aliphatic heterocycles. The van der Waals surface area contributed by atoms with Gasteiger partial charge in [0.1, 0.15) is 24.4 Å². The van der Waals surface area contributed by atoms with Crippen LogP contribution >= 0.6 is 0 Å². The largest absolute Gasteiger partial charge is 0.394 e. The van der Waals surface area contributed by atoms with E-state index < -0.39 is 37.1 Å². The minimum atomic E-state index is -1.38. The lowest BCUT2D eigenvalue weighted by Gasteiger charge is -2.40. The maximum absolute atomic E-state index is 11.9. The van der Waals surface area contributed by atoms with E-state index in [1.165, 1.54) is 0 Å². The molecule has 0 aromatic heterocycles. The highest BCUT2D eigenvalue weighted by molar-refractivity contribution is 5.95. The fourth-order valence-electron chi connectivity index (χ4n) is 3.65. The maximum atomic E-state index is 11.9. The number of aliphatic hydroxyl groups excluding tert-OH is 4. The van der Waals surface area contributed by atoms with Gasteiger partial charge in [-0.2, -0.15) is 0 Å². The molecule has 7 heteroatoms. The van der Waals surface area contributed by atoms with Crippen molar-refractivity contribution in [1.82, 2.24) is 5.32 Å². The lowest BCUT2D eigenvalue weighted by molar-refractivity contribution is -0.228. The highest BCUT2D eigenvalue weighted by atomic mass is 16.5. The quantitative estimate of drug-likeness (QED) is 0.495. The number of hydrogen-bond acceptors (Lipinski definition) is 6. The Hall–Kier alpha value is -2.29. The molecule has 1 aliphatic rings. The number of amides is 1. The Balaban J connectivity index is 1.81. The summed E-state index contributed by atoms with van der Waals surface area (Å²) in [5.74, 6) is -0.150. The van der Waals surface area contributed by atoms with E-state index >= 15 is 0 Å². The lowest BCUT2D eigenvalue weighted by atomic mass is 9.89. The van der Waals surface area contributed by atoms with Crippen LogP contribution < -0.4 is 5.32 Å². The minimum Gasteiger partial charge on any atom is -0.394 e. The molecule has 1 heterocycles. The molecule has 2 aromatic rings. The number of rotatable bonds is 5. The Bertz CT molecular complexity index is 868. The minimum absolute atomic E-state index is 0.150. The van der Waals surface area contributed by atoms with E-state index in [1.54, 1.807) is 13.1 Å². The van der Waals surface area contributed by atoms with Gasteiger partial charge in [-0.1, -0.05) is 30.3 Å². The first kappa shape index (κ1) is 21.4. The van der Waals surface area contributed by atoms with Gasteiger partial charge in [0.05, 0.1) is 12.7 Å². The number of carbonyl (C=O) groups is 1. The molecular weight excluding hydrogens is 374 g/mol. The lowest BCUT2D eigenvalue weighted by Crippen LogP contribution is -2.59. The van der Waals surface area contributed by atoms with E-state index in [4.69, 9.17) is 4.74 Å². The topological polar surface area (TPSA) is 119 Å². The van der Waals surface area contributed by atoms with Gasteiger partial charge < -0.3 is 30.5 Å². The fraction of sp³-hybridized carbons (Fsp3) is 0.409. The van der Waals surface area contributed by atoms with Crippen molar-refractivity contribution in [3.8, 4) is 11.1 Å². The Kier molecular flexibility index (Phi) is 6.66. The van der Waals surface area contributed by atoms with Gasteiger partial charge in [-0.3, -0.25) is 4.79 Å². The molecule has 1 saturated heterocycles. The summed E-state index contributed by atoms with van der Waals surface area (Å²) in [6.45, 7) is 1.49. The number of benzene rings is 2. The van der Waals surface area contributed by atoms with Gasteiger partial charge in [-0.15, -0.1) is 0 Å². The van der Waals surface area contributed by atoms with E-state index in [2.05, 4.69) is 5.32 Å². The average molecular weight is 401 g/mol. The van der Waals surface area contributed by atoms with Crippen molar-refractivity contribution in [2.24, 2.45) is 0 Å². The summed E-state index contributed by atoms with van der Waals surface area (Å²) in [5.41, 5.74) is 4.32. The van der Waals surface area contributed by atoms with Crippen LogP contribution in [0.5, 0.6) is 0 Å². The van der Waals surface area contributed by atoms with Crippen molar-refractivity contribution in [2.75, 3.05) is 13.7 Å². The summed E-state index contributed by atoms with van der Waals surface area (Å²) in [4.78, 5) is 11.9. The van der Waals surface area contributed by atoms with Crippen molar-refractivity contribution < 1.29 is 30.0 Å². The molecule has 0 bridgehead atoms. The molecule has 7 nitrogen and oxygen atoms in total. The first-order chi connectivity index (χ1) is 13.8. The fourth-order valence-corrected chi connectivity index (χ4v) is 3.65. The molecule has 156 valence electrons. The van der Waals surface area contributed by atoms with E-state index in [1.807, 2.05) is 43.3 Å². The molecule has 29 heavy (non-hydrogen) atoms. The van der Waals surface area contributed by atoms with E-state index in [0.29, 0.717) is 12.0 Å². The molecule has 5 atom stereocenters. The number of hydrogen-bond donors (Lipinski definition) is 5. The molecule has 1 amide bonds. The molecule has 4 unspecified atom stereocenters. The van der Waals surface area contributed by atoms with Crippen molar-refractivity contribution in [1.29, 1.82) is 0 Å². The van der Waals surface area contributed by atoms with Crippen molar-refractivity contribution >= 4 is 5.91 Å². The molecule has 0 saturated carbocycles. The highest BCUT2D eigenvalue weighted by Crippen LogP contribution is 2.27. The van der Waals surface area contributed by atoms with Crippen LogP contribution in [0.25, 0.3) is 11.1 Å². The van der Waals surface area contributed by atoms with Gasteiger partial charge in [0.15, 0.2) is 0 Å². The maximum Gasteiger partial charge on any atom is 0.251 e. The van der Waals surface area contributed by atoms with Crippen LogP contribution in [0.4, 0.5) is 0 Å².